The number of carbonyl (C=O) groups is 2. The van der Waals surface area contributed by atoms with Gasteiger partial charge in [0.05, 0.1) is 17.9 Å². The maximum Gasteiger partial charge on any atom is 0.307 e. The number of hydrogen-bond donors (Lipinski definition) is 2. The Morgan fingerprint density at radius 3 is 2.27 bits per heavy atom. The number of carboxylic acids is 1. The van der Waals surface area contributed by atoms with Gasteiger partial charge < -0.3 is 15.1 Å². The third-order valence-corrected chi connectivity index (χ3v) is 3.32. The highest BCUT2D eigenvalue weighted by molar-refractivity contribution is 5.85. The van der Waals surface area contributed by atoms with Crippen LogP contribution in [0.15, 0.2) is 0 Å². The lowest BCUT2D eigenvalue weighted by Crippen LogP contribution is -2.55. The molecular weight excluding hydrogens is 198 g/mol. The molecule has 15 heavy (non-hydrogen) atoms. The summed E-state index contributed by atoms with van der Waals surface area (Å²) in [5.41, 5.74) is 0. The van der Waals surface area contributed by atoms with Crippen molar-refractivity contribution in [1.29, 1.82) is 0 Å². The second kappa shape index (κ2) is 3.81. The molecular formula is C10H15NO4. The number of carbonyl (C=O) groups excluding carboxylic acids is 1. The first-order valence-corrected chi connectivity index (χ1v) is 5.29. The minimum absolute atomic E-state index is 0.0924. The van der Waals surface area contributed by atoms with Crippen molar-refractivity contribution >= 4 is 11.9 Å². The van der Waals surface area contributed by atoms with Crippen molar-refractivity contribution in [1.82, 2.24) is 4.90 Å². The normalized spacial score (nSPS) is 31.4. The predicted octanol–water partition coefficient (Wildman–Crippen LogP) is -0.310. The maximum atomic E-state index is 11.8. The van der Waals surface area contributed by atoms with Gasteiger partial charge >= 0.3 is 5.97 Å². The number of aliphatic hydroxyl groups is 1. The van der Waals surface area contributed by atoms with Gasteiger partial charge in [0.2, 0.25) is 5.91 Å². The Kier molecular flexibility index (Phi) is 2.65. The Balaban J connectivity index is 1.97. The van der Waals surface area contributed by atoms with Crippen molar-refractivity contribution in [2.75, 3.05) is 13.1 Å². The van der Waals surface area contributed by atoms with E-state index >= 15 is 0 Å². The first kappa shape index (κ1) is 10.4. The molecule has 0 bridgehead atoms. The Morgan fingerprint density at radius 1 is 1.13 bits per heavy atom. The molecule has 2 fully saturated rings. The zero-order valence-electron chi connectivity index (χ0n) is 8.43. The van der Waals surface area contributed by atoms with Crippen molar-refractivity contribution in [3.8, 4) is 0 Å². The number of hydrogen-bond acceptors (Lipinski definition) is 3. The van der Waals surface area contributed by atoms with E-state index in [0.29, 0.717) is 25.9 Å². The van der Waals surface area contributed by atoms with Crippen molar-refractivity contribution in [3.63, 3.8) is 0 Å². The predicted molar refractivity (Wildman–Crippen MR) is 51.1 cm³/mol. The second-order valence-corrected chi connectivity index (χ2v) is 4.38. The van der Waals surface area contributed by atoms with E-state index in [-0.39, 0.29) is 11.8 Å². The average Bonchev–Trinajstić information content (AvgIpc) is 2.60. The van der Waals surface area contributed by atoms with Crippen LogP contribution in [0.1, 0.15) is 19.3 Å². The van der Waals surface area contributed by atoms with Crippen LogP contribution in [0.2, 0.25) is 0 Å². The van der Waals surface area contributed by atoms with Crippen LogP contribution in [0.25, 0.3) is 0 Å². The van der Waals surface area contributed by atoms with E-state index in [4.69, 9.17) is 10.2 Å². The minimum Gasteiger partial charge on any atom is -0.481 e. The number of aliphatic hydroxyl groups excluding tert-OH is 1. The van der Waals surface area contributed by atoms with Crippen LogP contribution in [0.3, 0.4) is 0 Å². The molecule has 2 rings (SSSR count). The molecule has 5 heteroatoms. The lowest BCUT2D eigenvalue weighted by molar-refractivity contribution is -0.154. The summed E-state index contributed by atoms with van der Waals surface area (Å²) in [6, 6.07) is 0. The molecule has 2 atom stereocenters. The Bertz CT molecular complexity index is 285. The molecule has 0 unspecified atom stereocenters. The third-order valence-electron chi connectivity index (χ3n) is 3.32. The molecule has 84 valence electrons. The molecule has 0 spiro atoms. The molecule has 1 amide bonds. The van der Waals surface area contributed by atoms with Gasteiger partial charge in [-0.15, -0.1) is 0 Å². The van der Waals surface area contributed by atoms with E-state index in [1.54, 1.807) is 4.90 Å². The van der Waals surface area contributed by atoms with Gasteiger partial charge in [0, 0.05) is 13.1 Å². The van der Waals surface area contributed by atoms with Crippen LogP contribution < -0.4 is 0 Å². The van der Waals surface area contributed by atoms with E-state index in [2.05, 4.69) is 0 Å². The van der Waals surface area contributed by atoms with Gasteiger partial charge in [0.25, 0.3) is 0 Å². The van der Waals surface area contributed by atoms with E-state index < -0.39 is 18.0 Å². The molecule has 1 saturated carbocycles. The number of carboxylic acid groups (broad SMARTS) is 1. The zero-order valence-corrected chi connectivity index (χ0v) is 8.43. The summed E-state index contributed by atoms with van der Waals surface area (Å²) in [6.07, 6.45) is 1.66. The van der Waals surface area contributed by atoms with Gasteiger partial charge in [-0.2, -0.15) is 0 Å². The van der Waals surface area contributed by atoms with Crippen LogP contribution in [0, 0.1) is 11.8 Å². The second-order valence-electron chi connectivity index (χ2n) is 4.38. The van der Waals surface area contributed by atoms with Crippen LogP contribution in [0.4, 0.5) is 0 Å². The summed E-state index contributed by atoms with van der Waals surface area (Å²) >= 11 is 0. The monoisotopic (exact) mass is 213 g/mol. The third kappa shape index (κ3) is 1.84. The molecule has 1 aliphatic carbocycles. The molecule has 5 nitrogen and oxygen atoms in total. The SMILES string of the molecule is O=C(O)[C@H]1CCC[C@H]1C(=O)N1CC(O)C1. The quantitative estimate of drug-likeness (QED) is 0.659. The number of aliphatic carboxylic acids is 1. The molecule has 0 radical (unpaired) electrons. The molecule has 2 N–H and O–H groups in total. The van der Waals surface area contributed by atoms with Crippen molar-refractivity contribution in [3.05, 3.63) is 0 Å². The summed E-state index contributed by atoms with van der Waals surface area (Å²) in [5.74, 6) is -1.85. The number of nitrogens with zero attached hydrogens (tertiary/aromatic N) is 1. The van der Waals surface area contributed by atoms with Crippen LogP contribution in [-0.4, -0.2) is 46.2 Å². The summed E-state index contributed by atoms with van der Waals surface area (Å²) < 4.78 is 0. The standard InChI is InChI=1S/C10H15NO4/c12-6-4-11(5-6)9(13)7-2-1-3-8(7)10(14)15/h6-8,12H,1-5H2,(H,14,15)/t7-,8+/m1/s1. The van der Waals surface area contributed by atoms with Gasteiger partial charge in [-0.25, -0.2) is 0 Å². The Labute approximate surface area is 87.7 Å². The highest BCUT2D eigenvalue weighted by atomic mass is 16.4. The van der Waals surface area contributed by atoms with Gasteiger partial charge in [-0.3, -0.25) is 9.59 Å². The summed E-state index contributed by atoms with van der Waals surface area (Å²) in [5, 5.41) is 18.0. The van der Waals surface area contributed by atoms with Gasteiger partial charge in [-0.05, 0) is 12.8 Å². The topological polar surface area (TPSA) is 77.8 Å². The van der Waals surface area contributed by atoms with Crippen molar-refractivity contribution in [2.45, 2.75) is 25.4 Å². The lowest BCUT2D eigenvalue weighted by atomic mass is 9.93. The molecule has 0 aromatic carbocycles. The van der Waals surface area contributed by atoms with Crippen LogP contribution in [0.5, 0.6) is 0 Å². The van der Waals surface area contributed by atoms with E-state index in [1.165, 1.54) is 0 Å². The fraction of sp³-hybridized carbons (Fsp3) is 0.800. The zero-order chi connectivity index (χ0) is 11.0. The maximum absolute atomic E-state index is 11.8. The first-order valence-electron chi connectivity index (χ1n) is 5.29. The molecule has 1 heterocycles. The highest BCUT2D eigenvalue weighted by Gasteiger charge is 2.42. The van der Waals surface area contributed by atoms with Crippen molar-refractivity contribution in [2.24, 2.45) is 11.8 Å². The molecule has 0 aromatic rings. The van der Waals surface area contributed by atoms with Crippen LogP contribution in [-0.2, 0) is 9.59 Å². The molecule has 1 saturated heterocycles. The molecule has 1 aliphatic heterocycles. The lowest BCUT2D eigenvalue weighted by Gasteiger charge is -2.38. The molecule has 2 aliphatic rings. The fourth-order valence-corrected chi connectivity index (χ4v) is 2.42. The van der Waals surface area contributed by atoms with Gasteiger partial charge in [-0.1, -0.05) is 6.42 Å². The minimum atomic E-state index is -0.869. The van der Waals surface area contributed by atoms with Gasteiger partial charge in [0.1, 0.15) is 0 Å². The highest BCUT2D eigenvalue weighted by Crippen LogP contribution is 2.34. The summed E-state index contributed by atoms with van der Waals surface area (Å²) in [7, 11) is 0. The smallest absolute Gasteiger partial charge is 0.307 e. The number of rotatable bonds is 2. The Morgan fingerprint density at radius 2 is 1.73 bits per heavy atom. The van der Waals surface area contributed by atoms with Crippen LogP contribution >= 0.6 is 0 Å². The van der Waals surface area contributed by atoms with Crippen molar-refractivity contribution < 1.29 is 19.8 Å². The average molecular weight is 213 g/mol. The number of likely N-dealkylation sites (tertiary alicyclic amines) is 1. The van der Waals surface area contributed by atoms with E-state index in [9.17, 15) is 9.59 Å². The number of β-amino-alcohol motifs (C(OH)–C–C–N with tert-alkyl or cyclic N) is 1. The number of amides is 1. The van der Waals surface area contributed by atoms with Gasteiger partial charge in [0.15, 0.2) is 0 Å². The van der Waals surface area contributed by atoms with E-state index in [1.807, 2.05) is 0 Å². The van der Waals surface area contributed by atoms with E-state index in [0.717, 1.165) is 6.42 Å². The molecule has 0 aromatic heterocycles. The summed E-state index contributed by atoms with van der Waals surface area (Å²) in [4.78, 5) is 24.3. The Hall–Kier alpha value is -1.10. The largest absolute Gasteiger partial charge is 0.481 e. The first-order chi connectivity index (χ1) is 7.09. The summed E-state index contributed by atoms with van der Waals surface area (Å²) in [6.45, 7) is 0.726. The fourth-order valence-electron chi connectivity index (χ4n) is 2.42.